The monoisotopic (exact) mass is 203 g/mol. The third kappa shape index (κ3) is 7.51. The van der Waals surface area contributed by atoms with Gasteiger partial charge in [-0.2, -0.15) is 13.2 Å². The van der Waals surface area contributed by atoms with Crippen LogP contribution in [0.1, 0.15) is 0 Å². The lowest BCUT2D eigenvalue weighted by molar-refractivity contribution is -0.154. The zero-order valence-electron chi connectivity index (χ0n) is 6.64. The van der Waals surface area contributed by atoms with Crippen molar-refractivity contribution in [2.24, 2.45) is 0 Å². The van der Waals surface area contributed by atoms with Crippen molar-refractivity contribution in [3.63, 3.8) is 0 Å². The van der Waals surface area contributed by atoms with Gasteiger partial charge >= 0.3 is 12.1 Å². The third-order valence-corrected chi connectivity index (χ3v) is 1.16. The molecule has 0 spiro atoms. The second-order valence-corrected chi connectivity index (χ2v) is 2.41. The fourth-order valence-corrected chi connectivity index (χ4v) is 0.778. The van der Waals surface area contributed by atoms with E-state index in [1.54, 1.807) is 0 Å². The minimum absolute atomic E-state index is 0.488. The number of carbonyl (C=O) groups is 1. The van der Waals surface area contributed by atoms with Gasteiger partial charge in [0, 0.05) is 6.54 Å². The van der Waals surface area contributed by atoms with Gasteiger partial charge in [-0.1, -0.05) is 0 Å². The van der Waals surface area contributed by atoms with Crippen molar-refractivity contribution in [2.75, 3.05) is 26.3 Å². The molecule has 0 aliphatic carbocycles. The third-order valence-electron chi connectivity index (χ3n) is 1.16. The van der Waals surface area contributed by atoms with Crippen molar-refractivity contribution in [1.29, 1.82) is 0 Å². The van der Waals surface area contributed by atoms with Gasteiger partial charge in [0.15, 0.2) is 0 Å². The quantitative estimate of drug-likeness (QED) is 0.675. The fraction of sp³-hybridized carbons (Fsp3) is 0.833. The molecule has 0 fully saturated rings. The van der Waals surface area contributed by atoms with E-state index in [1.807, 2.05) is 0 Å². The molecule has 1 N–H and O–H groups in total. The van der Waals surface area contributed by atoms with Gasteiger partial charge in [0.25, 0.3) is 0 Å². The maximum absolute atomic E-state index is 11.7. The number of aliphatic carboxylic acids is 1. The van der Waals surface area contributed by atoms with Gasteiger partial charge in [-0.25, -0.2) is 4.39 Å². The lowest BCUT2D eigenvalue weighted by atomic mass is 10.4. The Hall–Kier alpha value is -0.850. The average Bonchev–Trinajstić information content (AvgIpc) is 1.81. The molecule has 3 nitrogen and oxygen atoms in total. The van der Waals surface area contributed by atoms with Crippen LogP contribution >= 0.6 is 0 Å². The van der Waals surface area contributed by atoms with E-state index >= 15 is 0 Å². The Kier molecular flexibility index (Phi) is 4.68. The maximum Gasteiger partial charge on any atom is 0.401 e. The first-order valence-electron chi connectivity index (χ1n) is 3.42. The topological polar surface area (TPSA) is 40.5 Å². The van der Waals surface area contributed by atoms with E-state index in [4.69, 9.17) is 5.11 Å². The highest BCUT2D eigenvalue weighted by molar-refractivity contribution is 5.69. The number of alkyl halides is 4. The van der Waals surface area contributed by atoms with Crippen LogP contribution in [0.4, 0.5) is 17.6 Å². The number of carboxylic acids is 1. The summed E-state index contributed by atoms with van der Waals surface area (Å²) in [5.74, 6) is -1.40. The fourth-order valence-electron chi connectivity index (χ4n) is 0.778. The van der Waals surface area contributed by atoms with Crippen molar-refractivity contribution in [3.05, 3.63) is 0 Å². The lowest BCUT2D eigenvalue weighted by Crippen LogP contribution is -2.39. The summed E-state index contributed by atoms with van der Waals surface area (Å²) in [7, 11) is 0. The van der Waals surface area contributed by atoms with Crippen molar-refractivity contribution in [1.82, 2.24) is 4.90 Å². The van der Waals surface area contributed by atoms with Gasteiger partial charge in [-0.05, 0) is 0 Å². The summed E-state index contributed by atoms with van der Waals surface area (Å²) >= 11 is 0. The molecule has 0 heterocycles. The highest BCUT2D eigenvalue weighted by atomic mass is 19.4. The van der Waals surface area contributed by atoms with Crippen LogP contribution in [0.5, 0.6) is 0 Å². The van der Waals surface area contributed by atoms with Crippen LogP contribution in [-0.2, 0) is 4.79 Å². The largest absolute Gasteiger partial charge is 0.480 e. The molecular weight excluding hydrogens is 194 g/mol. The predicted octanol–water partition coefficient (Wildman–Crippen LogP) is 0.905. The van der Waals surface area contributed by atoms with Crippen LogP contribution < -0.4 is 0 Å². The smallest absolute Gasteiger partial charge is 0.401 e. The first-order valence-corrected chi connectivity index (χ1v) is 3.42. The van der Waals surface area contributed by atoms with Crippen molar-refractivity contribution in [3.8, 4) is 0 Å². The maximum atomic E-state index is 11.7. The van der Waals surface area contributed by atoms with Gasteiger partial charge in [-0.3, -0.25) is 9.69 Å². The molecule has 7 heteroatoms. The second kappa shape index (κ2) is 5.00. The average molecular weight is 203 g/mol. The lowest BCUT2D eigenvalue weighted by Gasteiger charge is -2.19. The Morgan fingerprint density at radius 1 is 1.38 bits per heavy atom. The van der Waals surface area contributed by atoms with Gasteiger partial charge in [0.05, 0.1) is 13.1 Å². The molecule has 0 aliphatic heterocycles. The van der Waals surface area contributed by atoms with Crippen molar-refractivity contribution in [2.45, 2.75) is 6.18 Å². The minimum atomic E-state index is -4.50. The second-order valence-electron chi connectivity index (χ2n) is 2.41. The summed E-state index contributed by atoms with van der Waals surface area (Å²) in [6.45, 7) is -3.72. The number of hydrogen-bond donors (Lipinski definition) is 1. The minimum Gasteiger partial charge on any atom is -0.480 e. The first kappa shape index (κ1) is 12.2. The van der Waals surface area contributed by atoms with E-state index in [0.29, 0.717) is 4.90 Å². The van der Waals surface area contributed by atoms with Gasteiger partial charge in [0.2, 0.25) is 0 Å². The van der Waals surface area contributed by atoms with Gasteiger partial charge < -0.3 is 5.11 Å². The molecule has 13 heavy (non-hydrogen) atoms. The number of rotatable bonds is 5. The zero-order valence-corrected chi connectivity index (χ0v) is 6.64. The molecule has 78 valence electrons. The molecule has 0 unspecified atom stereocenters. The highest BCUT2D eigenvalue weighted by Gasteiger charge is 2.31. The van der Waals surface area contributed by atoms with Crippen LogP contribution in [0.25, 0.3) is 0 Å². The van der Waals surface area contributed by atoms with E-state index in [1.165, 1.54) is 0 Å². The normalized spacial score (nSPS) is 12.1. The number of nitrogens with zero attached hydrogens (tertiary/aromatic N) is 1. The van der Waals surface area contributed by atoms with Gasteiger partial charge in [-0.15, -0.1) is 0 Å². The SMILES string of the molecule is O=C(O)CN(CCF)CC(F)(F)F. The van der Waals surface area contributed by atoms with E-state index in [2.05, 4.69) is 0 Å². The van der Waals surface area contributed by atoms with Crippen LogP contribution in [0.2, 0.25) is 0 Å². The molecule has 0 rings (SSSR count). The molecule has 0 saturated carbocycles. The zero-order chi connectivity index (χ0) is 10.5. The Morgan fingerprint density at radius 2 is 1.92 bits per heavy atom. The summed E-state index contributed by atoms with van der Waals surface area (Å²) in [6, 6.07) is 0. The summed E-state index contributed by atoms with van der Waals surface area (Å²) in [6.07, 6.45) is -4.50. The molecule has 0 amide bonds. The number of hydrogen-bond acceptors (Lipinski definition) is 2. The highest BCUT2D eigenvalue weighted by Crippen LogP contribution is 2.15. The van der Waals surface area contributed by atoms with Crippen molar-refractivity contribution >= 4 is 5.97 Å². The molecule has 0 atom stereocenters. The Morgan fingerprint density at radius 3 is 2.23 bits per heavy atom. The molecule has 0 aliphatic rings. The van der Waals surface area contributed by atoms with Gasteiger partial charge in [0.1, 0.15) is 6.67 Å². The predicted molar refractivity (Wildman–Crippen MR) is 36.1 cm³/mol. The van der Waals surface area contributed by atoms with E-state index in [0.717, 1.165) is 0 Å². The molecule has 0 aromatic rings. The van der Waals surface area contributed by atoms with E-state index in [-0.39, 0.29) is 0 Å². The first-order chi connectivity index (χ1) is 5.85. The summed E-state index contributed by atoms with van der Waals surface area (Å²) in [5.41, 5.74) is 0. The summed E-state index contributed by atoms with van der Waals surface area (Å²) in [4.78, 5) is 10.5. The standard InChI is InChI=1S/C6H9F4NO2/c7-1-2-11(3-5(12)13)4-6(8,9)10/h1-4H2,(H,12,13). The Balaban J connectivity index is 4.01. The Labute approximate surface area is 71.9 Å². The molecule has 0 radical (unpaired) electrons. The Bertz CT molecular complexity index is 171. The molecule has 0 aromatic carbocycles. The van der Waals surface area contributed by atoms with Crippen LogP contribution in [-0.4, -0.2) is 48.5 Å². The number of halogens is 4. The van der Waals surface area contributed by atoms with Crippen molar-refractivity contribution < 1.29 is 27.5 Å². The summed E-state index contributed by atoms with van der Waals surface area (Å²) < 4.78 is 46.8. The van der Waals surface area contributed by atoms with E-state index < -0.39 is 38.5 Å². The molecule has 0 aromatic heterocycles. The summed E-state index contributed by atoms with van der Waals surface area (Å²) in [5, 5.41) is 8.18. The van der Waals surface area contributed by atoms with Crippen LogP contribution in [0.15, 0.2) is 0 Å². The van der Waals surface area contributed by atoms with Crippen LogP contribution in [0.3, 0.4) is 0 Å². The van der Waals surface area contributed by atoms with E-state index in [9.17, 15) is 22.4 Å². The number of carboxylic acid groups (broad SMARTS) is 1. The molecular formula is C6H9F4NO2. The molecule has 0 saturated heterocycles. The molecule has 0 bridgehead atoms. The van der Waals surface area contributed by atoms with Crippen LogP contribution in [0, 0.1) is 0 Å².